The highest BCUT2D eigenvalue weighted by atomic mass is 35.5. The first kappa shape index (κ1) is 14.1. The molecule has 0 saturated carbocycles. The summed E-state index contributed by atoms with van der Waals surface area (Å²) in [6.45, 7) is 0. The molecule has 0 spiro atoms. The van der Waals surface area contributed by atoms with Crippen molar-refractivity contribution in [2.45, 2.75) is 5.88 Å². The first-order chi connectivity index (χ1) is 10.2. The third-order valence-corrected chi connectivity index (χ3v) is 3.63. The highest BCUT2D eigenvalue weighted by Crippen LogP contribution is 2.30. The standard InChI is InChI=1S/C16H10Cl2FNO/c17-9-10-8-15(20-13-6-2-1-4-11(10)13)21-14-7-3-5-12(18)16(14)19/h1-8H,9H2. The molecule has 0 radical (unpaired) electrons. The second-order valence-electron chi connectivity index (χ2n) is 4.42. The van der Waals surface area contributed by atoms with Gasteiger partial charge in [0.25, 0.3) is 0 Å². The van der Waals surface area contributed by atoms with Gasteiger partial charge in [0.05, 0.1) is 10.5 Å². The molecule has 2 nitrogen and oxygen atoms in total. The minimum atomic E-state index is -0.610. The van der Waals surface area contributed by atoms with E-state index in [4.69, 9.17) is 27.9 Å². The monoisotopic (exact) mass is 321 g/mol. The molecule has 3 rings (SSSR count). The maximum Gasteiger partial charge on any atom is 0.220 e. The zero-order chi connectivity index (χ0) is 14.8. The Labute approximate surface area is 131 Å². The van der Waals surface area contributed by atoms with Crippen LogP contribution >= 0.6 is 23.2 Å². The molecule has 0 N–H and O–H groups in total. The van der Waals surface area contributed by atoms with E-state index in [1.807, 2.05) is 24.3 Å². The fourth-order valence-electron chi connectivity index (χ4n) is 2.06. The van der Waals surface area contributed by atoms with Crippen molar-refractivity contribution in [3.8, 4) is 11.6 Å². The van der Waals surface area contributed by atoms with E-state index in [0.29, 0.717) is 5.88 Å². The van der Waals surface area contributed by atoms with Crippen molar-refractivity contribution < 1.29 is 9.13 Å². The summed E-state index contributed by atoms with van der Waals surface area (Å²) in [6, 6.07) is 13.9. The van der Waals surface area contributed by atoms with Crippen molar-refractivity contribution in [2.24, 2.45) is 0 Å². The van der Waals surface area contributed by atoms with Gasteiger partial charge in [0, 0.05) is 17.3 Å². The molecule has 106 valence electrons. The Bertz CT molecular complexity index is 807. The largest absolute Gasteiger partial charge is 0.436 e. The predicted octanol–water partition coefficient (Wildman–Crippen LogP) is 5.56. The van der Waals surface area contributed by atoms with Gasteiger partial charge >= 0.3 is 0 Å². The number of hydrogen-bond donors (Lipinski definition) is 0. The molecule has 0 atom stereocenters. The molecule has 0 aliphatic rings. The van der Waals surface area contributed by atoms with E-state index >= 15 is 0 Å². The molecule has 0 fully saturated rings. The number of alkyl halides is 1. The Morgan fingerprint density at radius 1 is 1.10 bits per heavy atom. The summed E-state index contributed by atoms with van der Waals surface area (Å²) in [5.41, 5.74) is 1.62. The SMILES string of the molecule is Fc1c(Cl)cccc1Oc1cc(CCl)c2ccccc2n1. The van der Waals surface area contributed by atoms with Crippen LogP contribution in [0.4, 0.5) is 4.39 Å². The maximum absolute atomic E-state index is 13.9. The lowest BCUT2D eigenvalue weighted by molar-refractivity contribution is 0.429. The molecule has 5 heteroatoms. The lowest BCUT2D eigenvalue weighted by Gasteiger charge is -2.10. The second-order valence-corrected chi connectivity index (χ2v) is 5.10. The number of benzene rings is 2. The molecule has 0 aliphatic carbocycles. The van der Waals surface area contributed by atoms with Crippen LogP contribution in [-0.2, 0) is 5.88 Å². The molecular weight excluding hydrogens is 312 g/mol. The summed E-state index contributed by atoms with van der Waals surface area (Å²) in [5.74, 6) is 0.0232. The molecule has 21 heavy (non-hydrogen) atoms. The molecule has 0 unspecified atom stereocenters. The Morgan fingerprint density at radius 2 is 1.90 bits per heavy atom. The van der Waals surface area contributed by atoms with Crippen molar-refractivity contribution in [2.75, 3.05) is 0 Å². The number of hydrogen-bond acceptors (Lipinski definition) is 2. The molecule has 0 amide bonds. The first-order valence-corrected chi connectivity index (χ1v) is 7.17. The van der Waals surface area contributed by atoms with Gasteiger partial charge in [0.15, 0.2) is 11.6 Å². The van der Waals surface area contributed by atoms with Crippen LogP contribution < -0.4 is 4.74 Å². The number of ether oxygens (including phenoxy) is 1. The molecule has 2 aromatic carbocycles. The van der Waals surface area contributed by atoms with Crippen molar-refractivity contribution in [1.29, 1.82) is 0 Å². The van der Waals surface area contributed by atoms with Crippen molar-refractivity contribution >= 4 is 34.1 Å². The van der Waals surface area contributed by atoms with Crippen LogP contribution in [0.2, 0.25) is 5.02 Å². The third kappa shape index (κ3) is 2.80. The van der Waals surface area contributed by atoms with Gasteiger partial charge < -0.3 is 4.74 Å². The van der Waals surface area contributed by atoms with E-state index < -0.39 is 5.82 Å². The highest BCUT2D eigenvalue weighted by Gasteiger charge is 2.11. The minimum absolute atomic E-state index is 0.00542. The van der Waals surface area contributed by atoms with E-state index in [0.717, 1.165) is 16.5 Å². The summed E-state index contributed by atoms with van der Waals surface area (Å²) in [6.07, 6.45) is 0. The molecule has 1 aromatic heterocycles. The van der Waals surface area contributed by atoms with Crippen LogP contribution in [0, 0.1) is 5.82 Å². The third-order valence-electron chi connectivity index (χ3n) is 3.05. The van der Waals surface area contributed by atoms with Gasteiger partial charge in [-0.05, 0) is 23.8 Å². The van der Waals surface area contributed by atoms with E-state index in [9.17, 15) is 4.39 Å². The summed E-state index contributed by atoms with van der Waals surface area (Å²) >= 11 is 11.7. The second kappa shape index (κ2) is 5.88. The maximum atomic E-state index is 13.9. The van der Waals surface area contributed by atoms with Gasteiger partial charge in [-0.15, -0.1) is 11.6 Å². The van der Waals surface area contributed by atoms with Crippen molar-refractivity contribution in [1.82, 2.24) is 4.98 Å². The van der Waals surface area contributed by atoms with E-state index in [1.54, 1.807) is 12.1 Å². The van der Waals surface area contributed by atoms with Crippen LogP contribution in [0.1, 0.15) is 5.56 Å². The fourth-order valence-corrected chi connectivity index (χ4v) is 2.45. The average molecular weight is 322 g/mol. The van der Waals surface area contributed by atoms with Crippen LogP contribution in [-0.4, -0.2) is 4.98 Å². The fraction of sp³-hybridized carbons (Fsp3) is 0.0625. The quantitative estimate of drug-likeness (QED) is 0.589. The number of aromatic nitrogens is 1. The van der Waals surface area contributed by atoms with E-state index in [2.05, 4.69) is 4.98 Å². The highest BCUT2D eigenvalue weighted by molar-refractivity contribution is 6.30. The molecule has 0 aliphatic heterocycles. The van der Waals surface area contributed by atoms with Gasteiger partial charge in [-0.1, -0.05) is 35.9 Å². The Morgan fingerprint density at radius 3 is 2.71 bits per heavy atom. The van der Waals surface area contributed by atoms with Gasteiger partial charge in [0.2, 0.25) is 5.88 Å². The molecule has 3 aromatic rings. The van der Waals surface area contributed by atoms with Crippen LogP contribution in [0.15, 0.2) is 48.5 Å². The van der Waals surface area contributed by atoms with E-state index in [-0.39, 0.29) is 16.7 Å². The molecule has 0 bridgehead atoms. The normalized spacial score (nSPS) is 10.8. The number of nitrogens with zero attached hydrogens (tertiary/aromatic N) is 1. The van der Waals surface area contributed by atoms with Gasteiger partial charge in [-0.2, -0.15) is 0 Å². The van der Waals surface area contributed by atoms with Crippen molar-refractivity contribution in [3.63, 3.8) is 0 Å². The topological polar surface area (TPSA) is 22.1 Å². The predicted molar refractivity (Wildman–Crippen MR) is 82.8 cm³/mol. The summed E-state index contributed by atoms with van der Waals surface area (Å²) in [7, 11) is 0. The smallest absolute Gasteiger partial charge is 0.220 e. The summed E-state index contributed by atoms with van der Waals surface area (Å²) in [4.78, 5) is 4.36. The molecule has 0 saturated heterocycles. The van der Waals surface area contributed by atoms with Gasteiger partial charge in [-0.3, -0.25) is 0 Å². The number of fused-ring (bicyclic) bond motifs is 1. The Balaban J connectivity index is 2.07. The first-order valence-electron chi connectivity index (χ1n) is 6.25. The van der Waals surface area contributed by atoms with Gasteiger partial charge in [0.1, 0.15) is 0 Å². The zero-order valence-corrected chi connectivity index (χ0v) is 12.3. The van der Waals surface area contributed by atoms with Crippen molar-refractivity contribution in [3.05, 3.63) is 64.9 Å². The average Bonchev–Trinajstić information content (AvgIpc) is 2.51. The Kier molecular flexibility index (Phi) is 3.95. The number of halogens is 3. The lowest BCUT2D eigenvalue weighted by atomic mass is 10.1. The molecule has 1 heterocycles. The molecular formula is C16H10Cl2FNO. The Hall–Kier alpha value is -1.84. The summed E-state index contributed by atoms with van der Waals surface area (Å²) in [5, 5.41) is 0.956. The van der Waals surface area contributed by atoms with Gasteiger partial charge in [-0.25, -0.2) is 9.37 Å². The number of pyridine rings is 1. The zero-order valence-electron chi connectivity index (χ0n) is 10.8. The van der Waals surface area contributed by atoms with Crippen LogP contribution in [0.25, 0.3) is 10.9 Å². The van der Waals surface area contributed by atoms with Crippen LogP contribution in [0.3, 0.4) is 0 Å². The van der Waals surface area contributed by atoms with Crippen LogP contribution in [0.5, 0.6) is 11.6 Å². The van der Waals surface area contributed by atoms with E-state index in [1.165, 1.54) is 12.1 Å². The minimum Gasteiger partial charge on any atom is -0.436 e. The number of rotatable bonds is 3. The summed E-state index contributed by atoms with van der Waals surface area (Å²) < 4.78 is 19.4. The lowest BCUT2D eigenvalue weighted by Crippen LogP contribution is -1.94. The number of para-hydroxylation sites is 1.